The van der Waals surface area contributed by atoms with E-state index in [1.54, 1.807) is 0 Å². The van der Waals surface area contributed by atoms with Crippen LogP contribution in [0.4, 0.5) is 0 Å². The Bertz CT molecular complexity index is 495. The average Bonchev–Trinajstić information content (AvgIpc) is 2.84. The van der Waals surface area contributed by atoms with Crippen LogP contribution in [0.5, 0.6) is 0 Å². The second kappa shape index (κ2) is 20.6. The van der Waals surface area contributed by atoms with E-state index < -0.39 is 11.9 Å². The summed E-state index contributed by atoms with van der Waals surface area (Å²) in [5.74, 6) is -2.06. The third-order valence-electron chi connectivity index (χ3n) is 6.54. The molecule has 0 atom stereocenters. The molecule has 3 fully saturated rings. The standard InChI is InChI=1S/C11H20O3.2C7H12O2.Zr/c1-2-3-9-13-14-11(12)10-7-5-4-6-8-10;2*8-7(9)6-4-2-1-3-5-6;/h10H,2-9H2,1H3;2*6H,1-5H2,(H,8,9);/q;;;+2/p-2. The zero-order valence-corrected chi connectivity index (χ0v) is 22.8. The molecule has 3 rings (SSSR count). The molecule has 8 heteroatoms. The van der Waals surface area contributed by atoms with Gasteiger partial charge in [-0.2, -0.15) is 4.89 Å². The minimum absolute atomic E-state index is 0. The number of rotatable bonds is 7. The van der Waals surface area contributed by atoms with Crippen LogP contribution in [-0.4, -0.2) is 24.5 Å². The first-order valence-electron chi connectivity index (χ1n) is 12.7. The van der Waals surface area contributed by atoms with E-state index in [1.165, 1.54) is 19.3 Å². The van der Waals surface area contributed by atoms with Gasteiger partial charge in [0.1, 0.15) is 0 Å². The van der Waals surface area contributed by atoms with Gasteiger partial charge in [-0.05, 0) is 56.8 Å². The van der Waals surface area contributed by atoms with Crippen molar-refractivity contribution in [1.82, 2.24) is 0 Å². The summed E-state index contributed by atoms with van der Waals surface area (Å²) in [5.41, 5.74) is 0. The van der Waals surface area contributed by atoms with Gasteiger partial charge in [0, 0.05) is 11.9 Å². The number of unbranched alkanes of at least 4 members (excludes halogenated alkanes) is 1. The Balaban J connectivity index is 0.000000476. The SMILES string of the molecule is CCCCOOC(=O)C1CCCCC1.O=C([O-])C1CCCCC1.O=C([O-])C1CCCCC1.[Zr+2]. The second-order valence-electron chi connectivity index (χ2n) is 9.22. The van der Waals surface area contributed by atoms with Crippen LogP contribution in [0.25, 0.3) is 0 Å². The Morgan fingerprint density at radius 1 is 0.667 bits per heavy atom. The number of aliphatic carboxylic acids is 2. The smallest absolute Gasteiger partial charge is 0.550 e. The summed E-state index contributed by atoms with van der Waals surface area (Å²) in [5, 5.41) is 20.5. The topological polar surface area (TPSA) is 116 Å². The molecule has 0 aliphatic heterocycles. The molecule has 0 unspecified atom stereocenters. The largest absolute Gasteiger partial charge is 2.00 e. The monoisotopic (exact) mass is 544 g/mol. The summed E-state index contributed by atoms with van der Waals surface area (Å²) < 4.78 is 0. The quantitative estimate of drug-likeness (QED) is 0.273. The molecule has 0 heterocycles. The molecular formula is C25H42O7Zr. The van der Waals surface area contributed by atoms with Crippen molar-refractivity contribution in [3.05, 3.63) is 0 Å². The van der Waals surface area contributed by atoms with Gasteiger partial charge in [-0.1, -0.05) is 71.1 Å². The van der Waals surface area contributed by atoms with Crippen molar-refractivity contribution in [2.45, 2.75) is 116 Å². The minimum Gasteiger partial charge on any atom is -0.550 e. The van der Waals surface area contributed by atoms with Gasteiger partial charge in [-0.15, -0.1) is 0 Å². The molecule has 3 aliphatic rings. The summed E-state index contributed by atoms with van der Waals surface area (Å²) >= 11 is 0. The first-order valence-corrected chi connectivity index (χ1v) is 12.7. The van der Waals surface area contributed by atoms with E-state index in [0.29, 0.717) is 6.61 Å². The molecule has 0 spiro atoms. The maximum absolute atomic E-state index is 11.4. The van der Waals surface area contributed by atoms with Crippen molar-refractivity contribution in [3.8, 4) is 0 Å². The number of hydrogen-bond donors (Lipinski definition) is 0. The molecule has 0 aromatic heterocycles. The molecule has 0 aromatic rings. The number of carbonyl (C=O) groups excluding carboxylic acids is 3. The average molecular weight is 546 g/mol. The molecular weight excluding hydrogens is 503 g/mol. The Kier molecular flexibility index (Phi) is 20.1. The molecule has 3 aliphatic carbocycles. The van der Waals surface area contributed by atoms with Gasteiger partial charge in [-0.25, -0.2) is 4.79 Å². The van der Waals surface area contributed by atoms with Crippen molar-refractivity contribution in [1.29, 1.82) is 0 Å². The van der Waals surface area contributed by atoms with Crippen molar-refractivity contribution < 1.29 is 60.6 Å². The van der Waals surface area contributed by atoms with Crippen LogP contribution >= 0.6 is 0 Å². The predicted molar refractivity (Wildman–Crippen MR) is 117 cm³/mol. The first-order chi connectivity index (χ1) is 15.5. The van der Waals surface area contributed by atoms with Crippen molar-refractivity contribution in [2.75, 3.05) is 6.61 Å². The fraction of sp³-hybridized carbons (Fsp3) is 0.880. The van der Waals surface area contributed by atoms with Crippen molar-refractivity contribution in [2.24, 2.45) is 17.8 Å². The molecule has 3 saturated carbocycles. The maximum atomic E-state index is 11.4. The van der Waals surface area contributed by atoms with Crippen molar-refractivity contribution >= 4 is 17.9 Å². The summed E-state index contributed by atoms with van der Waals surface area (Å²) in [7, 11) is 0. The Morgan fingerprint density at radius 3 is 1.33 bits per heavy atom. The Hall–Kier alpha value is -0.747. The second-order valence-corrected chi connectivity index (χ2v) is 9.22. The zero-order valence-electron chi connectivity index (χ0n) is 20.3. The van der Waals surface area contributed by atoms with Crippen LogP contribution in [0, 0.1) is 17.8 Å². The Labute approximate surface area is 218 Å². The van der Waals surface area contributed by atoms with Crippen LogP contribution in [-0.2, 0) is 50.4 Å². The van der Waals surface area contributed by atoms with Crippen LogP contribution < -0.4 is 10.2 Å². The summed E-state index contributed by atoms with van der Waals surface area (Å²) in [6.07, 6.45) is 17.5. The number of carboxylic acid groups (broad SMARTS) is 2. The third kappa shape index (κ3) is 15.7. The molecule has 0 aromatic carbocycles. The number of carboxylic acids is 2. The summed E-state index contributed by atoms with van der Waals surface area (Å²) in [4.78, 5) is 41.5. The number of carbonyl (C=O) groups is 3. The molecule has 33 heavy (non-hydrogen) atoms. The third-order valence-corrected chi connectivity index (χ3v) is 6.54. The van der Waals surface area contributed by atoms with Gasteiger partial charge in [0.2, 0.25) is 0 Å². The van der Waals surface area contributed by atoms with Crippen LogP contribution in [0.1, 0.15) is 116 Å². The normalized spacial score (nSPS) is 19.5. The van der Waals surface area contributed by atoms with Crippen LogP contribution in [0.15, 0.2) is 0 Å². The van der Waals surface area contributed by atoms with E-state index in [1.807, 2.05) is 0 Å². The van der Waals surface area contributed by atoms with Gasteiger partial charge in [0.05, 0.1) is 12.5 Å². The van der Waals surface area contributed by atoms with E-state index in [2.05, 4.69) is 6.92 Å². The molecule has 0 saturated heterocycles. The van der Waals surface area contributed by atoms with E-state index >= 15 is 0 Å². The van der Waals surface area contributed by atoms with Gasteiger partial charge >= 0.3 is 32.2 Å². The first kappa shape index (κ1) is 32.3. The molecule has 188 valence electrons. The fourth-order valence-electron chi connectivity index (χ4n) is 4.39. The van der Waals surface area contributed by atoms with E-state index in [9.17, 15) is 24.6 Å². The molecule has 7 nitrogen and oxygen atoms in total. The molecule has 0 N–H and O–H groups in total. The van der Waals surface area contributed by atoms with E-state index in [-0.39, 0.29) is 49.9 Å². The Morgan fingerprint density at radius 2 is 1.03 bits per heavy atom. The molecule has 0 bridgehead atoms. The van der Waals surface area contributed by atoms with Crippen LogP contribution in [0.2, 0.25) is 0 Å². The molecule has 0 amide bonds. The van der Waals surface area contributed by atoms with Crippen LogP contribution in [0.3, 0.4) is 0 Å². The molecule has 0 radical (unpaired) electrons. The van der Waals surface area contributed by atoms with E-state index in [4.69, 9.17) is 9.78 Å². The fourth-order valence-corrected chi connectivity index (χ4v) is 4.39. The maximum Gasteiger partial charge on any atom is 2.00 e. The van der Waals surface area contributed by atoms with Gasteiger partial charge in [0.25, 0.3) is 0 Å². The zero-order chi connectivity index (χ0) is 23.6. The van der Waals surface area contributed by atoms with Gasteiger partial charge in [-0.3, -0.25) is 4.89 Å². The van der Waals surface area contributed by atoms with Gasteiger partial charge < -0.3 is 19.8 Å². The van der Waals surface area contributed by atoms with E-state index in [0.717, 1.165) is 89.9 Å². The minimum atomic E-state index is -0.852. The summed E-state index contributed by atoms with van der Waals surface area (Å²) in [6, 6.07) is 0. The van der Waals surface area contributed by atoms with Gasteiger partial charge in [0.15, 0.2) is 0 Å². The summed E-state index contributed by atoms with van der Waals surface area (Å²) in [6.45, 7) is 2.60. The van der Waals surface area contributed by atoms with Crippen molar-refractivity contribution in [3.63, 3.8) is 0 Å². The number of hydrogen-bond acceptors (Lipinski definition) is 7. The predicted octanol–water partition coefficient (Wildman–Crippen LogP) is 3.47.